The molecule has 0 amide bonds. The van der Waals surface area contributed by atoms with Crippen LogP contribution in [0.4, 0.5) is 68.2 Å². The van der Waals surface area contributed by atoms with Gasteiger partial charge in [-0.25, -0.2) is 0 Å². The first-order chi connectivity index (χ1) is 62.5. The Hall–Kier alpha value is -16.8. The number of nitrogens with zero attached hydrogens (tertiary/aromatic N) is 4. The first kappa shape index (κ1) is 76.6. The van der Waals surface area contributed by atoms with Crippen molar-refractivity contribution >= 4 is 112 Å². The van der Waals surface area contributed by atoms with Crippen molar-refractivity contribution in [2.24, 2.45) is 0 Å². The van der Waals surface area contributed by atoms with E-state index >= 15 is 0 Å². The van der Waals surface area contributed by atoms with Crippen molar-refractivity contribution in [3.63, 3.8) is 0 Å². The molecule has 126 heavy (non-hydrogen) atoms. The molecule has 0 saturated heterocycles. The predicted octanol–water partition coefficient (Wildman–Crippen LogP) is 34.4. The summed E-state index contributed by atoms with van der Waals surface area (Å²) >= 11 is 0. The van der Waals surface area contributed by atoms with Crippen LogP contribution in [0.5, 0.6) is 0 Å². The topological polar surface area (TPSA) is 39.2 Å². The van der Waals surface area contributed by atoms with Crippen LogP contribution >= 0.6 is 0 Å². The van der Waals surface area contributed by atoms with Gasteiger partial charge in [0.2, 0.25) is 0 Å². The summed E-state index contributed by atoms with van der Waals surface area (Å²) in [7, 11) is 0. The minimum absolute atomic E-state index is 0.898. The van der Waals surface area contributed by atoms with Crippen molar-refractivity contribution in [3.05, 3.63) is 510 Å². The number of hydrogen-bond acceptors (Lipinski definition) is 6. The van der Waals surface area contributed by atoms with E-state index in [1.807, 2.05) is 24.3 Å². The van der Waals surface area contributed by atoms with E-state index < -0.39 is 0 Å². The van der Waals surface area contributed by atoms with Crippen LogP contribution in [0, 0.1) is 0 Å². The lowest BCUT2D eigenvalue weighted by atomic mass is 10.0. The Morgan fingerprint density at radius 2 is 0.302 bits per heavy atom. The van der Waals surface area contributed by atoms with Crippen molar-refractivity contribution in [2.45, 2.75) is 0 Å². The Labute approximate surface area is 734 Å². The van der Waals surface area contributed by atoms with Gasteiger partial charge in [0.1, 0.15) is 22.3 Å². The molecule has 596 valence electrons. The van der Waals surface area contributed by atoms with Crippen LogP contribution in [0.25, 0.3) is 133 Å². The van der Waals surface area contributed by atoms with Crippen LogP contribution in [0.15, 0.2) is 518 Å². The Bertz CT molecular complexity index is 7390. The van der Waals surface area contributed by atoms with Gasteiger partial charge in [0.15, 0.2) is 0 Å². The second-order valence-electron chi connectivity index (χ2n) is 31.5. The molecule has 6 nitrogen and oxygen atoms in total. The highest BCUT2D eigenvalue weighted by atomic mass is 16.3. The molecule has 0 fully saturated rings. The average molecular weight is 1610 g/mol. The molecule has 22 rings (SSSR count). The van der Waals surface area contributed by atoms with E-state index in [-0.39, 0.29) is 0 Å². The third kappa shape index (κ3) is 15.7. The maximum atomic E-state index is 6.46. The molecule has 6 heteroatoms. The molecule has 0 atom stereocenters. The van der Waals surface area contributed by atoms with E-state index in [2.05, 4.69) is 505 Å². The molecule has 0 bridgehead atoms. The smallest absolute Gasteiger partial charge is 0.143 e. The number of furan rings is 2. The minimum Gasteiger partial charge on any atom is -0.455 e. The minimum atomic E-state index is 0.898. The van der Waals surface area contributed by atoms with Gasteiger partial charge in [0, 0.05) is 101 Å². The largest absolute Gasteiger partial charge is 0.455 e. The summed E-state index contributed by atoms with van der Waals surface area (Å²) in [5.74, 6) is 0. The lowest BCUT2D eigenvalue weighted by Gasteiger charge is -2.27. The summed E-state index contributed by atoms with van der Waals surface area (Å²) in [5.41, 5.74) is 34.9. The summed E-state index contributed by atoms with van der Waals surface area (Å²) in [5, 5.41) is 4.51. The van der Waals surface area contributed by atoms with Gasteiger partial charge in [-0.05, 0) is 236 Å². The predicted molar refractivity (Wildman–Crippen MR) is 530 cm³/mol. The summed E-state index contributed by atoms with van der Waals surface area (Å²) in [6.45, 7) is 0. The van der Waals surface area contributed by atoms with Crippen LogP contribution in [0.2, 0.25) is 0 Å². The SMILES string of the molecule is c1ccc(-c2ccc(N(c3ccc(-c4cccc5c4oc4ccccc45)cc3)c3cccc(-c4cccc(N(c5ccccc5)c5ccccc5)c4)c3)cc2)cc1.c1ccc(-c2ccc(N(c3ccc(-c4ccccc4)cc3)c3cccc(-c4cccc(N(c5ccc(-c6ccccc6)cc5)c5ccc(-c6cccc7c6oc6ccccc67)cc5)c4)c3)cc2)cc1. The summed E-state index contributed by atoms with van der Waals surface area (Å²) in [6, 6.07) is 181. The molecule has 0 unspecified atom stereocenters. The van der Waals surface area contributed by atoms with E-state index in [9.17, 15) is 0 Å². The Morgan fingerprint density at radius 3 is 0.563 bits per heavy atom. The Balaban J connectivity index is 0.000000157. The first-order valence-corrected chi connectivity index (χ1v) is 42.8. The zero-order valence-electron chi connectivity index (χ0n) is 69.1. The van der Waals surface area contributed by atoms with Crippen LogP contribution in [-0.4, -0.2) is 0 Å². The van der Waals surface area contributed by atoms with E-state index in [0.717, 1.165) is 157 Å². The van der Waals surface area contributed by atoms with E-state index in [4.69, 9.17) is 8.83 Å². The highest BCUT2D eigenvalue weighted by molar-refractivity contribution is 6.11. The standard InChI is InChI=1S/C66H46N2O.C54H38N2O/c1-4-15-47(16-5-1)50-29-37-56(38-30-50)67(57-39-31-51(32-40-57)48-17-6-2-7-18-48)60-23-12-21-54(45-60)55-22-13-24-61(46-55)68(58-41-33-52(34-42-58)49-19-8-3-9-20-49)59-43-35-53(36-44-59)62-26-14-27-64-63-25-10-11-28-65(63)69-66(62)64;1-4-15-39(16-5-1)40-29-33-46(34-30-40)56(47-35-31-41(32-36-47)50-26-14-27-52-51-25-10-11-28-53(51)57-54(50)52)49-24-13-18-43(38-49)42-17-12-23-48(37-42)55(44-19-6-2-7-20-44)45-21-8-3-9-22-45/h1-46H;1-38H. The van der Waals surface area contributed by atoms with Crippen molar-refractivity contribution < 1.29 is 8.83 Å². The third-order valence-corrected chi connectivity index (χ3v) is 23.7. The van der Waals surface area contributed by atoms with Gasteiger partial charge in [-0.15, -0.1) is 0 Å². The van der Waals surface area contributed by atoms with Crippen LogP contribution in [0.3, 0.4) is 0 Å². The molecule has 0 radical (unpaired) electrons. The van der Waals surface area contributed by atoms with Crippen molar-refractivity contribution in [2.75, 3.05) is 19.6 Å². The Morgan fingerprint density at radius 1 is 0.119 bits per heavy atom. The van der Waals surface area contributed by atoms with E-state index in [1.54, 1.807) is 0 Å². The fourth-order valence-corrected chi connectivity index (χ4v) is 17.5. The lowest BCUT2D eigenvalue weighted by molar-refractivity contribution is 0.669. The van der Waals surface area contributed by atoms with Crippen molar-refractivity contribution in [1.82, 2.24) is 0 Å². The molecule has 0 N–H and O–H groups in total. The molecule has 2 aromatic heterocycles. The molecule has 20 aromatic carbocycles. The van der Waals surface area contributed by atoms with Gasteiger partial charge >= 0.3 is 0 Å². The number of benzene rings is 20. The fraction of sp³-hybridized carbons (Fsp3) is 0. The second-order valence-corrected chi connectivity index (χ2v) is 31.5. The quantitative estimate of drug-likeness (QED) is 0.0757. The van der Waals surface area contributed by atoms with Gasteiger partial charge in [0.25, 0.3) is 0 Å². The zero-order valence-corrected chi connectivity index (χ0v) is 69.1. The highest BCUT2D eigenvalue weighted by Crippen LogP contribution is 2.47. The molecule has 0 spiro atoms. The molecule has 22 aromatic rings. The highest BCUT2D eigenvalue weighted by Gasteiger charge is 2.23. The second kappa shape index (κ2) is 34.7. The maximum absolute atomic E-state index is 6.46. The third-order valence-electron chi connectivity index (χ3n) is 23.7. The Kier molecular flexibility index (Phi) is 21.1. The van der Waals surface area contributed by atoms with E-state index in [1.165, 1.54) is 44.5 Å². The monoisotopic (exact) mass is 1610 g/mol. The molecular formula is C120H84N4O2. The van der Waals surface area contributed by atoms with Crippen molar-refractivity contribution in [3.8, 4) is 89.0 Å². The lowest BCUT2D eigenvalue weighted by Crippen LogP contribution is -2.10. The van der Waals surface area contributed by atoms with Gasteiger partial charge in [-0.3, -0.25) is 0 Å². The van der Waals surface area contributed by atoms with Gasteiger partial charge in [-0.1, -0.05) is 352 Å². The van der Waals surface area contributed by atoms with Gasteiger partial charge in [-0.2, -0.15) is 0 Å². The number of anilines is 12. The van der Waals surface area contributed by atoms with Gasteiger partial charge in [0.05, 0.1) is 0 Å². The average Bonchev–Trinajstić information content (AvgIpc) is 1.58. The van der Waals surface area contributed by atoms with Crippen LogP contribution in [-0.2, 0) is 0 Å². The first-order valence-electron chi connectivity index (χ1n) is 42.8. The summed E-state index contributed by atoms with van der Waals surface area (Å²) < 4.78 is 12.9. The molecule has 0 aliphatic carbocycles. The molecule has 0 aliphatic rings. The molecular weight excluding hydrogens is 1530 g/mol. The van der Waals surface area contributed by atoms with Crippen LogP contribution < -0.4 is 19.6 Å². The van der Waals surface area contributed by atoms with Gasteiger partial charge < -0.3 is 28.4 Å². The zero-order chi connectivity index (χ0) is 83.9. The molecule has 0 aliphatic heterocycles. The normalized spacial score (nSPS) is 11.2. The molecule has 0 saturated carbocycles. The number of hydrogen-bond donors (Lipinski definition) is 0. The number of rotatable bonds is 20. The maximum Gasteiger partial charge on any atom is 0.143 e. The number of para-hydroxylation sites is 6. The molecule has 2 heterocycles. The summed E-state index contributed by atoms with van der Waals surface area (Å²) in [4.78, 5) is 9.35. The van der Waals surface area contributed by atoms with Crippen LogP contribution in [0.1, 0.15) is 0 Å². The van der Waals surface area contributed by atoms with Crippen molar-refractivity contribution in [1.29, 1.82) is 0 Å². The van der Waals surface area contributed by atoms with E-state index in [0.29, 0.717) is 0 Å². The summed E-state index contributed by atoms with van der Waals surface area (Å²) in [6.07, 6.45) is 0. The fourth-order valence-electron chi connectivity index (χ4n) is 17.5. The number of fused-ring (bicyclic) bond motifs is 6.